The molecule has 7 heteroatoms. The first-order valence-corrected chi connectivity index (χ1v) is 4.67. The molecule has 0 saturated heterocycles. The summed E-state index contributed by atoms with van der Waals surface area (Å²) in [5, 5.41) is 17.1. The van der Waals surface area contributed by atoms with Gasteiger partial charge in [0.2, 0.25) is 0 Å². The Morgan fingerprint density at radius 1 is 1.35 bits per heavy atom. The minimum absolute atomic E-state index is 0.0353. The van der Waals surface area contributed by atoms with Gasteiger partial charge in [-0.25, -0.2) is 4.79 Å². The van der Waals surface area contributed by atoms with Gasteiger partial charge in [0, 0.05) is 6.20 Å². The van der Waals surface area contributed by atoms with E-state index in [1.807, 2.05) is 0 Å². The third-order valence-electron chi connectivity index (χ3n) is 2.01. The molecule has 86 valence electrons. The van der Waals surface area contributed by atoms with E-state index < -0.39 is 11.9 Å². The van der Waals surface area contributed by atoms with Crippen LogP contribution in [0.2, 0.25) is 0 Å². The Morgan fingerprint density at radius 3 is 2.82 bits per heavy atom. The summed E-state index contributed by atoms with van der Waals surface area (Å²) in [4.78, 5) is 26.3. The number of hydrogen-bond acceptors (Lipinski definition) is 4. The van der Waals surface area contributed by atoms with Crippen LogP contribution >= 0.6 is 0 Å². The van der Waals surface area contributed by atoms with Crippen molar-refractivity contribution < 1.29 is 14.7 Å². The molecule has 2 heterocycles. The highest BCUT2D eigenvalue weighted by Gasteiger charge is 2.15. The lowest BCUT2D eigenvalue weighted by Crippen LogP contribution is -2.15. The van der Waals surface area contributed by atoms with Crippen molar-refractivity contribution in [2.24, 2.45) is 0 Å². The maximum atomic E-state index is 11.7. The van der Waals surface area contributed by atoms with Gasteiger partial charge in [-0.1, -0.05) is 6.07 Å². The van der Waals surface area contributed by atoms with E-state index in [2.05, 4.69) is 20.5 Å². The highest BCUT2D eigenvalue weighted by atomic mass is 16.4. The molecule has 0 spiro atoms. The number of carboxylic acids is 1. The monoisotopic (exact) mass is 232 g/mol. The Hall–Kier alpha value is -2.70. The van der Waals surface area contributed by atoms with Crippen molar-refractivity contribution in [2.45, 2.75) is 0 Å². The third kappa shape index (κ3) is 2.28. The summed E-state index contributed by atoms with van der Waals surface area (Å²) in [7, 11) is 0. The number of aromatic amines is 1. The van der Waals surface area contributed by atoms with Crippen LogP contribution in [-0.2, 0) is 0 Å². The van der Waals surface area contributed by atoms with Crippen LogP contribution in [0, 0.1) is 0 Å². The lowest BCUT2D eigenvalue weighted by molar-refractivity contribution is 0.0698. The highest BCUT2D eigenvalue weighted by Crippen LogP contribution is 2.11. The normalized spacial score (nSPS) is 9.88. The fourth-order valence-corrected chi connectivity index (χ4v) is 1.22. The molecule has 17 heavy (non-hydrogen) atoms. The molecule has 2 rings (SSSR count). The Kier molecular flexibility index (Phi) is 2.82. The van der Waals surface area contributed by atoms with Gasteiger partial charge in [0.1, 0.15) is 17.1 Å². The predicted octanol–water partition coefficient (Wildman–Crippen LogP) is 0.755. The van der Waals surface area contributed by atoms with Crippen LogP contribution < -0.4 is 5.32 Å². The lowest BCUT2D eigenvalue weighted by Gasteiger charge is -2.02. The van der Waals surface area contributed by atoms with Crippen molar-refractivity contribution in [2.75, 3.05) is 5.32 Å². The molecule has 0 atom stereocenters. The van der Waals surface area contributed by atoms with E-state index in [1.54, 1.807) is 12.1 Å². The first-order chi connectivity index (χ1) is 8.18. The molecule has 0 aliphatic rings. The zero-order chi connectivity index (χ0) is 12.3. The molecule has 0 aliphatic carbocycles. The van der Waals surface area contributed by atoms with Gasteiger partial charge in [0.25, 0.3) is 5.91 Å². The zero-order valence-corrected chi connectivity index (χ0v) is 8.54. The third-order valence-corrected chi connectivity index (χ3v) is 2.01. The van der Waals surface area contributed by atoms with Gasteiger partial charge in [-0.3, -0.25) is 14.9 Å². The maximum absolute atomic E-state index is 11.7. The van der Waals surface area contributed by atoms with E-state index in [0.717, 1.165) is 6.20 Å². The number of carboxylic acid groups (broad SMARTS) is 1. The molecule has 3 N–H and O–H groups in total. The molecule has 0 aliphatic heterocycles. The molecule has 0 bridgehead atoms. The highest BCUT2D eigenvalue weighted by molar-refractivity contribution is 6.05. The number of nitrogens with zero attached hydrogens (tertiary/aromatic N) is 2. The summed E-state index contributed by atoms with van der Waals surface area (Å²) in [5.74, 6) is -1.64. The van der Waals surface area contributed by atoms with E-state index in [1.165, 1.54) is 12.3 Å². The number of amides is 1. The minimum atomic E-state index is -1.17. The first kappa shape index (κ1) is 10.8. The maximum Gasteiger partial charge on any atom is 0.341 e. The summed E-state index contributed by atoms with van der Waals surface area (Å²) >= 11 is 0. The number of anilines is 1. The Labute approximate surface area is 95.5 Å². The van der Waals surface area contributed by atoms with Crippen LogP contribution in [0.15, 0.2) is 30.6 Å². The number of rotatable bonds is 3. The minimum Gasteiger partial charge on any atom is -0.477 e. The first-order valence-electron chi connectivity index (χ1n) is 4.67. The summed E-state index contributed by atoms with van der Waals surface area (Å²) in [5.41, 5.74) is 0.0905. The summed E-state index contributed by atoms with van der Waals surface area (Å²) in [6.07, 6.45) is 2.59. The number of nitrogens with one attached hydrogen (secondary N) is 2. The molecule has 0 saturated carbocycles. The zero-order valence-electron chi connectivity index (χ0n) is 8.54. The van der Waals surface area contributed by atoms with Crippen LogP contribution in [0.3, 0.4) is 0 Å². The van der Waals surface area contributed by atoms with Gasteiger partial charge >= 0.3 is 5.97 Å². The van der Waals surface area contributed by atoms with Crippen LogP contribution in [0.5, 0.6) is 0 Å². The number of hydrogen-bond donors (Lipinski definition) is 3. The number of carbonyl (C=O) groups is 2. The van der Waals surface area contributed by atoms with E-state index >= 15 is 0 Å². The van der Waals surface area contributed by atoms with Crippen molar-refractivity contribution >= 4 is 17.7 Å². The Balaban J connectivity index is 2.19. The van der Waals surface area contributed by atoms with Gasteiger partial charge in [-0.15, -0.1) is 0 Å². The molecule has 0 unspecified atom stereocenters. The molecule has 0 radical (unpaired) electrons. The fraction of sp³-hybridized carbons (Fsp3) is 0. The van der Waals surface area contributed by atoms with E-state index in [9.17, 15) is 9.59 Å². The van der Waals surface area contributed by atoms with Gasteiger partial charge < -0.3 is 10.4 Å². The van der Waals surface area contributed by atoms with E-state index in [-0.39, 0.29) is 17.1 Å². The molecular formula is C10H8N4O3. The molecule has 2 aromatic rings. The second kappa shape index (κ2) is 4.44. The van der Waals surface area contributed by atoms with Crippen LogP contribution in [-0.4, -0.2) is 32.2 Å². The predicted molar refractivity (Wildman–Crippen MR) is 57.7 cm³/mol. The number of aromatic nitrogens is 3. The second-order valence-corrected chi connectivity index (χ2v) is 3.13. The number of pyridine rings is 1. The second-order valence-electron chi connectivity index (χ2n) is 3.13. The molecule has 2 aromatic heterocycles. The van der Waals surface area contributed by atoms with Crippen LogP contribution in [0.1, 0.15) is 20.8 Å². The number of H-pyrrole nitrogens is 1. The van der Waals surface area contributed by atoms with Crippen molar-refractivity contribution in [1.82, 2.24) is 15.2 Å². The van der Waals surface area contributed by atoms with Crippen molar-refractivity contribution in [3.05, 3.63) is 41.9 Å². The van der Waals surface area contributed by atoms with Crippen molar-refractivity contribution in [1.29, 1.82) is 0 Å². The average molecular weight is 232 g/mol. The fourth-order valence-electron chi connectivity index (χ4n) is 1.22. The van der Waals surface area contributed by atoms with Crippen LogP contribution in [0.25, 0.3) is 0 Å². The molecule has 0 fully saturated rings. The van der Waals surface area contributed by atoms with Gasteiger partial charge in [-0.05, 0) is 12.1 Å². The largest absolute Gasteiger partial charge is 0.477 e. The van der Waals surface area contributed by atoms with E-state index in [4.69, 9.17) is 5.11 Å². The Bertz CT molecular complexity index is 550. The summed E-state index contributed by atoms with van der Waals surface area (Å²) in [6.45, 7) is 0. The number of carbonyl (C=O) groups excluding carboxylic acids is 1. The topological polar surface area (TPSA) is 108 Å². The number of aromatic carboxylic acids is 1. The molecule has 1 amide bonds. The van der Waals surface area contributed by atoms with Crippen molar-refractivity contribution in [3.8, 4) is 0 Å². The summed E-state index contributed by atoms with van der Waals surface area (Å²) in [6, 6.07) is 4.86. The van der Waals surface area contributed by atoms with E-state index in [0.29, 0.717) is 0 Å². The summed E-state index contributed by atoms with van der Waals surface area (Å²) < 4.78 is 0. The van der Waals surface area contributed by atoms with Crippen LogP contribution in [0.4, 0.5) is 5.82 Å². The lowest BCUT2D eigenvalue weighted by atomic mass is 10.3. The van der Waals surface area contributed by atoms with Gasteiger partial charge in [0.05, 0.1) is 6.20 Å². The molecular weight excluding hydrogens is 224 g/mol. The molecule has 0 aromatic carbocycles. The van der Waals surface area contributed by atoms with Gasteiger partial charge in [0.15, 0.2) is 0 Å². The SMILES string of the molecule is O=C(Nc1[nH]ncc1C(=O)O)c1ccccn1. The quantitative estimate of drug-likeness (QED) is 0.723. The average Bonchev–Trinajstić information content (AvgIpc) is 2.78. The smallest absolute Gasteiger partial charge is 0.341 e. The Morgan fingerprint density at radius 2 is 2.18 bits per heavy atom. The standard InChI is InChI=1S/C10H8N4O3/c15-9(7-3-1-2-4-11-7)13-8-6(10(16)17)5-12-14-8/h1-5H,(H,16,17)(H2,12,13,14,15). The molecule has 7 nitrogen and oxygen atoms in total. The van der Waals surface area contributed by atoms with Crippen molar-refractivity contribution in [3.63, 3.8) is 0 Å². The van der Waals surface area contributed by atoms with Gasteiger partial charge in [-0.2, -0.15) is 5.10 Å².